The lowest BCUT2D eigenvalue weighted by atomic mass is 10.0. The van der Waals surface area contributed by atoms with E-state index in [0.29, 0.717) is 11.3 Å². The lowest BCUT2D eigenvalue weighted by molar-refractivity contribution is 0.635. The summed E-state index contributed by atoms with van der Waals surface area (Å²) in [6, 6.07) is 11.0. The minimum absolute atomic E-state index is 0.163. The van der Waals surface area contributed by atoms with Gasteiger partial charge in [-0.05, 0) is 66.5 Å². The predicted octanol–water partition coefficient (Wildman–Crippen LogP) is 5.08. The van der Waals surface area contributed by atoms with Gasteiger partial charge in [0.1, 0.15) is 5.82 Å². The zero-order valence-corrected chi connectivity index (χ0v) is 14.2. The van der Waals surface area contributed by atoms with Gasteiger partial charge in [0.15, 0.2) is 0 Å². The molecular formula is C19H15BrFNO. The Bertz CT molecular complexity index is 989. The van der Waals surface area contributed by atoms with Crippen LogP contribution in [0, 0.1) is 12.7 Å². The zero-order valence-electron chi connectivity index (χ0n) is 12.6. The first-order valence-electron chi connectivity index (χ1n) is 7.66. The van der Waals surface area contributed by atoms with Crippen molar-refractivity contribution in [3.63, 3.8) is 0 Å². The van der Waals surface area contributed by atoms with Gasteiger partial charge < -0.3 is 0 Å². The fraction of sp³-hybridized carbons (Fsp3) is 0.211. The third-order valence-corrected chi connectivity index (χ3v) is 5.39. The van der Waals surface area contributed by atoms with E-state index in [1.165, 1.54) is 10.6 Å². The van der Waals surface area contributed by atoms with E-state index >= 15 is 0 Å². The lowest BCUT2D eigenvalue weighted by Crippen LogP contribution is -2.19. The van der Waals surface area contributed by atoms with Gasteiger partial charge in [-0.1, -0.05) is 28.1 Å². The standard InChI is InChI=1S/C19H15BrFNO/c1-11-15(20)3-2-4-17(11)22-8-7-13-9-14(12-5-6-12)10-16(21)18(13)19(22)23/h2-4,7-10,12H,5-6H2,1H3. The molecule has 1 aromatic heterocycles. The second-order valence-corrected chi connectivity index (χ2v) is 6.97. The molecule has 0 radical (unpaired) electrons. The van der Waals surface area contributed by atoms with Crippen molar-refractivity contribution in [2.45, 2.75) is 25.7 Å². The molecule has 1 saturated carbocycles. The number of rotatable bonds is 2. The van der Waals surface area contributed by atoms with E-state index in [0.717, 1.165) is 34.1 Å². The van der Waals surface area contributed by atoms with Crippen LogP contribution in [0.2, 0.25) is 0 Å². The highest BCUT2D eigenvalue weighted by Gasteiger charge is 2.25. The van der Waals surface area contributed by atoms with E-state index in [1.54, 1.807) is 6.20 Å². The number of aromatic nitrogens is 1. The van der Waals surface area contributed by atoms with Crippen LogP contribution in [-0.2, 0) is 0 Å². The molecule has 0 spiro atoms. The predicted molar refractivity (Wildman–Crippen MR) is 93.9 cm³/mol. The van der Waals surface area contributed by atoms with Gasteiger partial charge in [0.05, 0.1) is 11.1 Å². The third kappa shape index (κ3) is 2.41. The molecule has 3 aromatic rings. The Labute approximate surface area is 141 Å². The lowest BCUT2D eigenvalue weighted by Gasteiger charge is -2.12. The van der Waals surface area contributed by atoms with E-state index in [4.69, 9.17) is 0 Å². The van der Waals surface area contributed by atoms with Crippen molar-refractivity contribution in [1.82, 2.24) is 4.57 Å². The minimum atomic E-state index is -0.420. The molecule has 0 unspecified atom stereocenters. The van der Waals surface area contributed by atoms with Crippen molar-refractivity contribution < 1.29 is 4.39 Å². The summed E-state index contributed by atoms with van der Waals surface area (Å²) >= 11 is 3.48. The molecule has 0 N–H and O–H groups in total. The van der Waals surface area contributed by atoms with Crippen LogP contribution in [0.4, 0.5) is 4.39 Å². The Morgan fingerprint density at radius 1 is 1.22 bits per heavy atom. The SMILES string of the molecule is Cc1c(Br)cccc1-n1ccc2cc(C3CC3)cc(F)c2c1=O. The van der Waals surface area contributed by atoms with Crippen molar-refractivity contribution in [2.75, 3.05) is 0 Å². The van der Waals surface area contributed by atoms with Gasteiger partial charge in [0.25, 0.3) is 5.56 Å². The summed E-state index contributed by atoms with van der Waals surface area (Å²) in [4.78, 5) is 12.8. The first-order valence-corrected chi connectivity index (χ1v) is 8.46. The van der Waals surface area contributed by atoms with Crippen molar-refractivity contribution in [3.8, 4) is 5.69 Å². The number of pyridine rings is 1. The number of nitrogens with zero attached hydrogens (tertiary/aromatic N) is 1. The quantitative estimate of drug-likeness (QED) is 0.615. The van der Waals surface area contributed by atoms with Crippen molar-refractivity contribution in [2.24, 2.45) is 0 Å². The summed E-state index contributed by atoms with van der Waals surface area (Å²) in [5, 5.41) is 0.845. The Morgan fingerprint density at radius 2 is 2.00 bits per heavy atom. The van der Waals surface area contributed by atoms with Gasteiger partial charge in [-0.2, -0.15) is 0 Å². The molecule has 116 valence electrons. The maximum Gasteiger partial charge on any atom is 0.265 e. The zero-order chi connectivity index (χ0) is 16.1. The van der Waals surface area contributed by atoms with Gasteiger partial charge in [0, 0.05) is 10.7 Å². The van der Waals surface area contributed by atoms with Gasteiger partial charge >= 0.3 is 0 Å². The van der Waals surface area contributed by atoms with Crippen LogP contribution in [-0.4, -0.2) is 4.57 Å². The topological polar surface area (TPSA) is 22.0 Å². The van der Waals surface area contributed by atoms with Crippen molar-refractivity contribution in [3.05, 3.63) is 74.4 Å². The summed E-state index contributed by atoms with van der Waals surface area (Å²) in [6.07, 6.45) is 3.95. The van der Waals surface area contributed by atoms with Crippen LogP contribution < -0.4 is 5.56 Å². The maximum absolute atomic E-state index is 14.5. The van der Waals surface area contributed by atoms with Crippen molar-refractivity contribution >= 4 is 26.7 Å². The van der Waals surface area contributed by atoms with Gasteiger partial charge in [-0.15, -0.1) is 0 Å². The number of halogens is 2. The molecular weight excluding hydrogens is 357 g/mol. The van der Waals surface area contributed by atoms with Gasteiger partial charge in [-0.25, -0.2) is 4.39 Å². The third-order valence-electron chi connectivity index (χ3n) is 4.53. The van der Waals surface area contributed by atoms with Gasteiger partial charge in [-0.3, -0.25) is 9.36 Å². The highest BCUT2D eigenvalue weighted by Crippen LogP contribution is 2.41. The smallest absolute Gasteiger partial charge is 0.265 e. The van der Waals surface area contributed by atoms with E-state index in [-0.39, 0.29) is 10.9 Å². The van der Waals surface area contributed by atoms with E-state index < -0.39 is 5.82 Å². The second kappa shape index (κ2) is 5.31. The number of benzene rings is 2. The average Bonchev–Trinajstić information content (AvgIpc) is 3.35. The Hall–Kier alpha value is -1.94. The number of hydrogen-bond donors (Lipinski definition) is 0. The number of hydrogen-bond acceptors (Lipinski definition) is 1. The summed E-state index contributed by atoms with van der Waals surface area (Å²) in [5.41, 5.74) is 2.40. The average molecular weight is 372 g/mol. The molecule has 0 aliphatic heterocycles. The van der Waals surface area contributed by atoms with Crippen LogP contribution in [0.15, 0.2) is 51.9 Å². The number of fused-ring (bicyclic) bond motifs is 1. The normalized spacial score (nSPS) is 14.4. The fourth-order valence-corrected chi connectivity index (χ4v) is 3.40. The molecule has 4 heteroatoms. The molecule has 1 fully saturated rings. The Kier molecular flexibility index (Phi) is 3.38. The molecule has 0 saturated heterocycles. The van der Waals surface area contributed by atoms with E-state index in [1.807, 2.05) is 37.3 Å². The fourth-order valence-electron chi connectivity index (χ4n) is 3.05. The molecule has 0 atom stereocenters. The molecule has 1 aliphatic rings. The largest absolute Gasteiger partial charge is 0.283 e. The first kappa shape index (κ1) is 14.6. The van der Waals surface area contributed by atoms with Crippen LogP contribution >= 0.6 is 15.9 Å². The molecule has 1 aliphatic carbocycles. The Balaban J connectivity index is 1.98. The summed E-state index contributed by atoms with van der Waals surface area (Å²) < 4.78 is 17.0. The van der Waals surface area contributed by atoms with Crippen LogP contribution in [0.1, 0.15) is 29.9 Å². The first-order chi connectivity index (χ1) is 11.1. The maximum atomic E-state index is 14.5. The summed E-state index contributed by atoms with van der Waals surface area (Å²) in [6.45, 7) is 1.93. The van der Waals surface area contributed by atoms with Crippen LogP contribution in [0.5, 0.6) is 0 Å². The molecule has 2 nitrogen and oxygen atoms in total. The van der Waals surface area contributed by atoms with Crippen LogP contribution in [0.3, 0.4) is 0 Å². The van der Waals surface area contributed by atoms with Gasteiger partial charge in [0.2, 0.25) is 0 Å². The summed E-state index contributed by atoms with van der Waals surface area (Å²) in [7, 11) is 0. The Morgan fingerprint density at radius 3 is 2.74 bits per heavy atom. The second-order valence-electron chi connectivity index (χ2n) is 6.12. The highest BCUT2D eigenvalue weighted by atomic mass is 79.9. The molecule has 0 bridgehead atoms. The highest BCUT2D eigenvalue weighted by molar-refractivity contribution is 9.10. The molecule has 4 rings (SSSR count). The molecule has 0 amide bonds. The monoisotopic (exact) mass is 371 g/mol. The van der Waals surface area contributed by atoms with E-state index in [9.17, 15) is 9.18 Å². The summed E-state index contributed by atoms with van der Waals surface area (Å²) in [5.74, 6) is 0.0417. The van der Waals surface area contributed by atoms with E-state index in [2.05, 4.69) is 15.9 Å². The minimum Gasteiger partial charge on any atom is -0.283 e. The molecule has 2 aromatic carbocycles. The van der Waals surface area contributed by atoms with Crippen LogP contribution in [0.25, 0.3) is 16.5 Å². The van der Waals surface area contributed by atoms with Crippen molar-refractivity contribution in [1.29, 1.82) is 0 Å². The molecule has 23 heavy (non-hydrogen) atoms. The molecule has 1 heterocycles.